The molecule has 0 atom stereocenters. The van der Waals surface area contributed by atoms with E-state index in [0.717, 1.165) is 27.6 Å². The lowest BCUT2D eigenvalue weighted by molar-refractivity contribution is -0.137. The normalized spacial score (nSPS) is 12.0. The van der Waals surface area contributed by atoms with Gasteiger partial charge in [-0.3, -0.25) is 0 Å². The number of halogens is 4. The van der Waals surface area contributed by atoms with Crippen LogP contribution in [0.1, 0.15) is 5.56 Å². The molecule has 102 valence electrons. The lowest BCUT2D eigenvalue weighted by Crippen LogP contribution is -2.04. The molecule has 2 nitrogen and oxygen atoms in total. The first-order chi connectivity index (χ1) is 9.43. The van der Waals surface area contributed by atoms with Crippen LogP contribution in [0, 0.1) is 0 Å². The number of nitrogens with one attached hydrogen (secondary N) is 1. The molecule has 3 aromatic rings. The number of hydrogen-bond donors (Lipinski definition) is 1. The van der Waals surface area contributed by atoms with Crippen LogP contribution in [-0.2, 0) is 6.18 Å². The van der Waals surface area contributed by atoms with Gasteiger partial charge in [-0.2, -0.15) is 13.2 Å². The number of aromatic amines is 1. The highest BCUT2D eigenvalue weighted by molar-refractivity contribution is 9.10. The molecule has 6 heteroatoms. The summed E-state index contributed by atoms with van der Waals surface area (Å²) in [4.78, 5) is 7.45. The van der Waals surface area contributed by atoms with Gasteiger partial charge in [0.25, 0.3) is 0 Å². The van der Waals surface area contributed by atoms with Gasteiger partial charge in [0.2, 0.25) is 0 Å². The molecular formula is C14H8BrF3N2. The Balaban J connectivity index is 2.02. The molecule has 0 aliphatic carbocycles. The molecule has 0 unspecified atom stereocenters. The van der Waals surface area contributed by atoms with Crippen LogP contribution in [-0.4, -0.2) is 9.97 Å². The van der Waals surface area contributed by atoms with Crippen molar-refractivity contribution in [3.8, 4) is 11.4 Å². The van der Waals surface area contributed by atoms with Crippen molar-refractivity contribution in [2.24, 2.45) is 0 Å². The average molecular weight is 341 g/mol. The molecule has 0 amide bonds. The molecule has 0 saturated carbocycles. The highest BCUT2D eigenvalue weighted by Gasteiger charge is 2.30. The van der Waals surface area contributed by atoms with Crippen LogP contribution < -0.4 is 0 Å². The number of H-pyrrole nitrogens is 1. The van der Waals surface area contributed by atoms with Gasteiger partial charge in [-0.25, -0.2) is 4.98 Å². The SMILES string of the molecule is FC(F)(F)c1ccc(-c2nc3ccc(Br)cc3[nH]2)cc1. The first-order valence-corrected chi connectivity index (χ1v) is 6.56. The van der Waals surface area contributed by atoms with Gasteiger partial charge in [0.1, 0.15) is 5.82 Å². The third kappa shape index (κ3) is 2.43. The van der Waals surface area contributed by atoms with E-state index in [-0.39, 0.29) is 0 Å². The fourth-order valence-corrected chi connectivity index (χ4v) is 2.30. The van der Waals surface area contributed by atoms with E-state index in [1.807, 2.05) is 18.2 Å². The predicted octanol–water partition coefficient (Wildman–Crippen LogP) is 5.01. The van der Waals surface area contributed by atoms with Crippen LogP contribution in [0.2, 0.25) is 0 Å². The second-order valence-electron chi connectivity index (χ2n) is 4.32. The van der Waals surface area contributed by atoms with Crippen molar-refractivity contribution in [2.45, 2.75) is 6.18 Å². The van der Waals surface area contributed by atoms with Crippen molar-refractivity contribution in [1.82, 2.24) is 9.97 Å². The van der Waals surface area contributed by atoms with Crippen LogP contribution in [0.4, 0.5) is 13.2 Å². The molecule has 1 aromatic heterocycles. The molecule has 0 aliphatic rings. The highest BCUT2D eigenvalue weighted by atomic mass is 79.9. The fourth-order valence-electron chi connectivity index (χ4n) is 1.94. The van der Waals surface area contributed by atoms with Crippen LogP contribution in [0.25, 0.3) is 22.4 Å². The molecule has 0 bridgehead atoms. The molecule has 1 N–H and O–H groups in total. The van der Waals surface area contributed by atoms with E-state index >= 15 is 0 Å². The minimum Gasteiger partial charge on any atom is -0.338 e. The van der Waals surface area contributed by atoms with Gasteiger partial charge >= 0.3 is 6.18 Å². The Bertz CT molecular complexity index is 760. The summed E-state index contributed by atoms with van der Waals surface area (Å²) in [6.07, 6.45) is -4.32. The van der Waals surface area contributed by atoms with Crippen LogP contribution in [0.3, 0.4) is 0 Å². The van der Waals surface area contributed by atoms with Gasteiger partial charge < -0.3 is 4.98 Å². The highest BCUT2D eigenvalue weighted by Crippen LogP contribution is 2.31. The molecule has 3 rings (SSSR count). The summed E-state index contributed by atoms with van der Waals surface area (Å²) in [5.41, 5.74) is 1.54. The number of hydrogen-bond acceptors (Lipinski definition) is 1. The summed E-state index contributed by atoms with van der Waals surface area (Å²) in [5.74, 6) is 0.548. The molecule has 1 heterocycles. The first kappa shape index (κ1) is 13.2. The molecule has 2 aromatic carbocycles. The second kappa shape index (κ2) is 4.63. The Labute approximate surface area is 120 Å². The molecule has 0 saturated heterocycles. The minimum absolute atomic E-state index is 0.548. The van der Waals surface area contributed by atoms with Gasteiger partial charge in [0, 0.05) is 10.0 Å². The summed E-state index contributed by atoms with van der Waals surface area (Å²) < 4.78 is 38.4. The zero-order chi connectivity index (χ0) is 14.3. The molecule has 0 aliphatic heterocycles. The third-order valence-electron chi connectivity index (χ3n) is 2.93. The summed E-state index contributed by atoms with van der Waals surface area (Å²) in [7, 11) is 0. The summed E-state index contributed by atoms with van der Waals surface area (Å²) in [5, 5.41) is 0. The number of imidazole rings is 1. The monoisotopic (exact) mass is 340 g/mol. The maximum absolute atomic E-state index is 12.5. The molecular weight excluding hydrogens is 333 g/mol. The Morgan fingerprint density at radius 3 is 2.35 bits per heavy atom. The number of benzene rings is 2. The lowest BCUT2D eigenvalue weighted by Gasteiger charge is -2.06. The quantitative estimate of drug-likeness (QED) is 0.662. The number of rotatable bonds is 1. The summed E-state index contributed by atoms with van der Waals surface area (Å²) >= 11 is 3.36. The lowest BCUT2D eigenvalue weighted by atomic mass is 10.1. The van der Waals surface area contributed by atoms with Crippen molar-refractivity contribution >= 4 is 27.0 Å². The smallest absolute Gasteiger partial charge is 0.338 e. The van der Waals surface area contributed by atoms with E-state index in [1.54, 1.807) is 0 Å². The zero-order valence-corrected chi connectivity index (χ0v) is 11.6. The first-order valence-electron chi connectivity index (χ1n) is 5.76. The summed E-state index contributed by atoms with van der Waals surface area (Å²) in [6.45, 7) is 0. The van der Waals surface area contributed by atoms with Gasteiger partial charge in [-0.15, -0.1) is 0 Å². The Kier molecular flexibility index (Phi) is 3.05. The topological polar surface area (TPSA) is 28.7 Å². The van der Waals surface area contributed by atoms with Crippen molar-refractivity contribution < 1.29 is 13.2 Å². The van der Waals surface area contributed by atoms with Gasteiger partial charge in [-0.1, -0.05) is 28.1 Å². The molecule has 20 heavy (non-hydrogen) atoms. The van der Waals surface area contributed by atoms with E-state index in [0.29, 0.717) is 11.4 Å². The number of alkyl halides is 3. The standard InChI is InChI=1S/C14H8BrF3N2/c15-10-5-6-11-12(7-10)20-13(19-11)8-1-3-9(4-2-8)14(16,17)18/h1-7H,(H,19,20). The van der Waals surface area contributed by atoms with Crippen molar-refractivity contribution in [3.05, 3.63) is 52.5 Å². The predicted molar refractivity (Wildman–Crippen MR) is 74.2 cm³/mol. The van der Waals surface area contributed by atoms with E-state index in [1.165, 1.54) is 12.1 Å². The van der Waals surface area contributed by atoms with Gasteiger partial charge in [-0.05, 0) is 30.3 Å². The van der Waals surface area contributed by atoms with E-state index < -0.39 is 11.7 Å². The average Bonchev–Trinajstić information content (AvgIpc) is 2.80. The molecule has 0 radical (unpaired) electrons. The Hall–Kier alpha value is -1.82. The number of fused-ring (bicyclic) bond motifs is 1. The maximum atomic E-state index is 12.5. The Morgan fingerprint density at radius 2 is 1.70 bits per heavy atom. The Morgan fingerprint density at radius 1 is 1.00 bits per heavy atom. The minimum atomic E-state index is -4.32. The van der Waals surface area contributed by atoms with Crippen LogP contribution >= 0.6 is 15.9 Å². The third-order valence-corrected chi connectivity index (χ3v) is 3.42. The number of aromatic nitrogens is 2. The molecule has 0 fully saturated rings. The maximum Gasteiger partial charge on any atom is 0.416 e. The van der Waals surface area contributed by atoms with Crippen molar-refractivity contribution in [3.63, 3.8) is 0 Å². The van der Waals surface area contributed by atoms with E-state index in [2.05, 4.69) is 25.9 Å². The van der Waals surface area contributed by atoms with Crippen LogP contribution in [0.5, 0.6) is 0 Å². The molecule has 0 spiro atoms. The van der Waals surface area contributed by atoms with E-state index in [4.69, 9.17) is 0 Å². The van der Waals surface area contributed by atoms with E-state index in [9.17, 15) is 13.2 Å². The fraction of sp³-hybridized carbons (Fsp3) is 0.0714. The van der Waals surface area contributed by atoms with Crippen molar-refractivity contribution in [2.75, 3.05) is 0 Å². The number of nitrogens with zero attached hydrogens (tertiary/aromatic N) is 1. The van der Waals surface area contributed by atoms with Gasteiger partial charge in [0.05, 0.1) is 16.6 Å². The summed E-state index contributed by atoms with van der Waals surface area (Å²) in [6, 6.07) is 10.5. The zero-order valence-electron chi connectivity index (χ0n) is 10.0. The van der Waals surface area contributed by atoms with Crippen molar-refractivity contribution in [1.29, 1.82) is 0 Å². The van der Waals surface area contributed by atoms with Crippen LogP contribution in [0.15, 0.2) is 46.9 Å². The second-order valence-corrected chi connectivity index (χ2v) is 5.24. The largest absolute Gasteiger partial charge is 0.416 e. The van der Waals surface area contributed by atoms with Gasteiger partial charge in [0.15, 0.2) is 0 Å².